The van der Waals surface area contributed by atoms with Gasteiger partial charge >= 0.3 is 0 Å². The molecular formula is C15H10BrN3O2S. The van der Waals surface area contributed by atoms with Gasteiger partial charge in [0.05, 0.1) is 5.56 Å². The zero-order chi connectivity index (χ0) is 15.5. The third-order valence-electron chi connectivity index (χ3n) is 2.85. The fourth-order valence-electron chi connectivity index (χ4n) is 1.78. The first-order chi connectivity index (χ1) is 10.6. The molecule has 3 rings (SSSR count). The molecule has 7 heteroatoms. The second-order valence-electron chi connectivity index (χ2n) is 4.37. The molecule has 0 aliphatic heterocycles. The Labute approximate surface area is 138 Å². The highest BCUT2D eigenvalue weighted by atomic mass is 79.9. The molecule has 1 aromatic heterocycles. The molecule has 2 aromatic carbocycles. The Bertz CT molecular complexity index is 848. The van der Waals surface area contributed by atoms with Crippen LogP contribution in [0.15, 0.2) is 51.9 Å². The van der Waals surface area contributed by atoms with Crippen LogP contribution in [0.4, 0.5) is 5.13 Å². The molecule has 0 saturated heterocycles. The number of hydrogen-bond donors (Lipinski definition) is 2. The zero-order valence-electron chi connectivity index (χ0n) is 11.1. The summed E-state index contributed by atoms with van der Waals surface area (Å²) in [6.45, 7) is 0. The van der Waals surface area contributed by atoms with E-state index >= 15 is 0 Å². The van der Waals surface area contributed by atoms with E-state index in [1.54, 1.807) is 36.4 Å². The van der Waals surface area contributed by atoms with Crippen molar-refractivity contribution >= 4 is 38.6 Å². The molecule has 0 atom stereocenters. The summed E-state index contributed by atoms with van der Waals surface area (Å²) < 4.78 is 0.846. The molecule has 0 radical (unpaired) electrons. The summed E-state index contributed by atoms with van der Waals surface area (Å²) in [5.41, 5.74) is 1.19. The number of aromatic hydroxyl groups is 2. The highest BCUT2D eigenvalue weighted by Gasteiger charge is 2.09. The molecular weight excluding hydrogens is 366 g/mol. The highest BCUT2D eigenvalue weighted by molar-refractivity contribution is 9.10. The van der Waals surface area contributed by atoms with Gasteiger partial charge in [0.25, 0.3) is 0 Å². The predicted octanol–water partition coefficient (Wildman–Crippen LogP) is 4.13. The number of halogens is 1. The molecule has 0 bridgehead atoms. The summed E-state index contributed by atoms with van der Waals surface area (Å²) in [5, 5.41) is 28.6. The maximum Gasteiger partial charge on any atom is 0.231 e. The Balaban J connectivity index is 1.87. The van der Waals surface area contributed by atoms with Gasteiger partial charge in [0.15, 0.2) is 5.01 Å². The summed E-state index contributed by atoms with van der Waals surface area (Å²) in [4.78, 5) is 4.21. The summed E-state index contributed by atoms with van der Waals surface area (Å²) >= 11 is 4.60. The molecule has 0 spiro atoms. The number of aromatic nitrogens is 2. The minimum absolute atomic E-state index is 0.136. The van der Waals surface area contributed by atoms with Crippen LogP contribution in [0.5, 0.6) is 11.5 Å². The maximum absolute atomic E-state index is 9.81. The highest BCUT2D eigenvalue weighted by Crippen LogP contribution is 2.33. The van der Waals surface area contributed by atoms with Gasteiger partial charge in [-0.2, -0.15) is 0 Å². The van der Waals surface area contributed by atoms with Gasteiger partial charge < -0.3 is 10.2 Å². The van der Waals surface area contributed by atoms with Crippen LogP contribution in [0.1, 0.15) is 5.56 Å². The summed E-state index contributed by atoms with van der Waals surface area (Å²) in [6, 6.07) is 12.0. The number of phenols is 2. The zero-order valence-corrected chi connectivity index (χ0v) is 13.5. The Morgan fingerprint density at radius 2 is 1.86 bits per heavy atom. The lowest BCUT2D eigenvalue weighted by Crippen LogP contribution is -1.82. The number of hydrogen-bond acceptors (Lipinski definition) is 6. The van der Waals surface area contributed by atoms with Crippen LogP contribution in [0.2, 0.25) is 0 Å². The van der Waals surface area contributed by atoms with Gasteiger partial charge in [-0.05, 0) is 30.3 Å². The van der Waals surface area contributed by atoms with Crippen molar-refractivity contribution in [2.24, 2.45) is 4.99 Å². The van der Waals surface area contributed by atoms with Gasteiger partial charge in [-0.25, -0.2) is 4.99 Å². The van der Waals surface area contributed by atoms with Crippen molar-refractivity contribution in [1.29, 1.82) is 0 Å². The standard InChI is InChI=1S/C15H10BrN3O2S/c16-10-5-6-12(20)9(7-10)8-17-15-19-18-14(22-15)11-3-1-2-4-13(11)21/h1-8,20-21H/b17-8+. The second kappa shape index (κ2) is 6.25. The molecule has 5 nitrogen and oxygen atoms in total. The van der Waals surface area contributed by atoms with Crippen molar-refractivity contribution in [2.75, 3.05) is 0 Å². The molecule has 2 N–H and O–H groups in total. The first-order valence-electron chi connectivity index (χ1n) is 6.28. The van der Waals surface area contributed by atoms with Crippen molar-refractivity contribution in [1.82, 2.24) is 10.2 Å². The monoisotopic (exact) mass is 375 g/mol. The van der Waals surface area contributed by atoms with Gasteiger partial charge in [-0.3, -0.25) is 0 Å². The number of aliphatic imine (C=N–C) groups is 1. The van der Waals surface area contributed by atoms with Gasteiger partial charge in [0.2, 0.25) is 5.13 Å². The molecule has 3 aromatic rings. The van der Waals surface area contributed by atoms with E-state index in [0.29, 0.717) is 21.3 Å². The van der Waals surface area contributed by atoms with E-state index in [1.165, 1.54) is 17.6 Å². The molecule has 22 heavy (non-hydrogen) atoms. The summed E-state index contributed by atoms with van der Waals surface area (Å²) in [6.07, 6.45) is 1.52. The number of benzene rings is 2. The Hall–Kier alpha value is -2.25. The van der Waals surface area contributed by atoms with E-state index in [0.717, 1.165) is 4.47 Å². The fraction of sp³-hybridized carbons (Fsp3) is 0. The summed E-state index contributed by atoms with van der Waals surface area (Å²) in [5.74, 6) is 0.288. The van der Waals surface area contributed by atoms with Crippen LogP contribution < -0.4 is 0 Å². The van der Waals surface area contributed by atoms with Gasteiger partial charge in [0.1, 0.15) is 11.5 Å². The van der Waals surface area contributed by atoms with E-state index in [-0.39, 0.29) is 11.5 Å². The maximum atomic E-state index is 9.81. The van der Waals surface area contributed by atoms with E-state index in [1.807, 2.05) is 6.07 Å². The van der Waals surface area contributed by atoms with E-state index < -0.39 is 0 Å². The SMILES string of the molecule is Oc1ccc(Br)cc1/C=N/c1nnc(-c2ccccc2O)s1. The van der Waals surface area contributed by atoms with Crippen LogP contribution in [0, 0.1) is 0 Å². The topological polar surface area (TPSA) is 78.6 Å². The smallest absolute Gasteiger partial charge is 0.231 e. The minimum Gasteiger partial charge on any atom is -0.507 e. The van der Waals surface area contributed by atoms with Gasteiger partial charge in [-0.15, -0.1) is 10.2 Å². The lowest BCUT2D eigenvalue weighted by molar-refractivity contribution is 0.474. The Morgan fingerprint density at radius 1 is 1.05 bits per heavy atom. The van der Waals surface area contributed by atoms with E-state index in [9.17, 15) is 10.2 Å². The summed E-state index contributed by atoms with van der Waals surface area (Å²) in [7, 11) is 0. The van der Waals surface area contributed by atoms with Crippen LogP contribution >= 0.6 is 27.3 Å². The van der Waals surface area contributed by atoms with Crippen LogP contribution in [0.3, 0.4) is 0 Å². The average molecular weight is 376 g/mol. The molecule has 0 saturated carbocycles. The second-order valence-corrected chi connectivity index (χ2v) is 6.24. The minimum atomic E-state index is 0.136. The largest absolute Gasteiger partial charge is 0.507 e. The Morgan fingerprint density at radius 3 is 2.68 bits per heavy atom. The first-order valence-corrected chi connectivity index (χ1v) is 7.89. The van der Waals surface area contributed by atoms with Crippen molar-refractivity contribution in [3.63, 3.8) is 0 Å². The molecule has 110 valence electrons. The fourth-order valence-corrected chi connectivity index (χ4v) is 2.89. The van der Waals surface area contributed by atoms with Crippen molar-refractivity contribution in [3.05, 3.63) is 52.5 Å². The van der Waals surface area contributed by atoms with E-state index in [2.05, 4.69) is 31.1 Å². The van der Waals surface area contributed by atoms with Crippen LogP contribution in [-0.4, -0.2) is 26.6 Å². The average Bonchev–Trinajstić information content (AvgIpc) is 2.97. The van der Waals surface area contributed by atoms with Crippen molar-refractivity contribution in [3.8, 4) is 22.1 Å². The number of para-hydroxylation sites is 1. The molecule has 0 amide bonds. The van der Waals surface area contributed by atoms with Crippen molar-refractivity contribution < 1.29 is 10.2 Å². The predicted molar refractivity (Wildman–Crippen MR) is 90.1 cm³/mol. The normalized spacial score (nSPS) is 11.1. The third kappa shape index (κ3) is 3.15. The quantitative estimate of drug-likeness (QED) is 0.674. The first kappa shape index (κ1) is 14.7. The van der Waals surface area contributed by atoms with Crippen LogP contribution in [-0.2, 0) is 0 Å². The molecule has 0 aliphatic carbocycles. The number of phenolic OH excluding ortho intramolecular Hbond substituents is 2. The lowest BCUT2D eigenvalue weighted by atomic mass is 10.2. The molecule has 0 unspecified atom stereocenters. The number of rotatable bonds is 3. The number of nitrogens with zero attached hydrogens (tertiary/aromatic N) is 3. The van der Waals surface area contributed by atoms with Crippen LogP contribution in [0.25, 0.3) is 10.6 Å². The third-order valence-corrected chi connectivity index (χ3v) is 4.21. The Kier molecular flexibility index (Phi) is 4.17. The molecule has 1 heterocycles. The van der Waals surface area contributed by atoms with E-state index in [4.69, 9.17) is 0 Å². The lowest BCUT2D eigenvalue weighted by Gasteiger charge is -1.98. The molecule has 0 fully saturated rings. The van der Waals surface area contributed by atoms with Crippen molar-refractivity contribution in [2.45, 2.75) is 0 Å². The van der Waals surface area contributed by atoms with Gasteiger partial charge in [-0.1, -0.05) is 39.4 Å². The molecule has 0 aliphatic rings. The van der Waals surface area contributed by atoms with Gasteiger partial charge in [0, 0.05) is 16.3 Å².